The SMILES string of the molecule is CCOc1cccc([C@H]2CC(c3ccc(Br)cc3)=N[C@@H](CC(C)C)N2)c1O. The molecule has 0 amide bonds. The number of halogens is 1. The Labute approximate surface area is 169 Å². The van der Waals surface area contributed by atoms with Crippen LogP contribution in [-0.4, -0.2) is 23.6 Å². The molecule has 3 rings (SSSR count). The van der Waals surface area contributed by atoms with Gasteiger partial charge in [-0.3, -0.25) is 10.3 Å². The zero-order chi connectivity index (χ0) is 19.4. The van der Waals surface area contributed by atoms with Crippen molar-refractivity contribution in [3.8, 4) is 11.5 Å². The molecule has 0 saturated heterocycles. The maximum Gasteiger partial charge on any atom is 0.162 e. The summed E-state index contributed by atoms with van der Waals surface area (Å²) in [6, 6.07) is 14.0. The van der Waals surface area contributed by atoms with Crippen molar-refractivity contribution in [1.29, 1.82) is 0 Å². The summed E-state index contributed by atoms with van der Waals surface area (Å²) < 4.78 is 6.62. The molecule has 5 heteroatoms. The minimum absolute atomic E-state index is 0.00898. The molecule has 27 heavy (non-hydrogen) atoms. The standard InChI is InChI=1S/C22H27BrN2O2/c1-4-27-20-7-5-6-17(22(20)26)19-13-18(15-8-10-16(23)11-9-15)24-21(25-19)12-14(2)3/h5-11,14,19,21,25-26H,4,12-13H2,1-3H3/t19-,21-/m1/s1. The summed E-state index contributed by atoms with van der Waals surface area (Å²) in [7, 11) is 0. The van der Waals surface area contributed by atoms with Crippen LogP contribution in [-0.2, 0) is 0 Å². The number of aromatic hydroxyl groups is 1. The highest BCUT2D eigenvalue weighted by Gasteiger charge is 2.28. The van der Waals surface area contributed by atoms with Crippen LogP contribution >= 0.6 is 15.9 Å². The summed E-state index contributed by atoms with van der Waals surface area (Å²) in [6.07, 6.45) is 1.69. The summed E-state index contributed by atoms with van der Waals surface area (Å²) in [6.45, 7) is 6.85. The normalized spacial score (nSPS) is 19.8. The van der Waals surface area contributed by atoms with Crippen LogP contribution in [0.1, 0.15) is 50.8 Å². The van der Waals surface area contributed by atoms with E-state index in [2.05, 4.69) is 47.2 Å². The Morgan fingerprint density at radius 1 is 1.22 bits per heavy atom. The first-order valence-corrected chi connectivity index (χ1v) is 10.3. The fourth-order valence-corrected chi connectivity index (χ4v) is 3.72. The lowest BCUT2D eigenvalue weighted by Crippen LogP contribution is -2.39. The van der Waals surface area contributed by atoms with Gasteiger partial charge in [0.15, 0.2) is 11.5 Å². The second-order valence-corrected chi connectivity index (χ2v) is 8.19. The summed E-state index contributed by atoms with van der Waals surface area (Å²) in [5, 5.41) is 14.3. The first kappa shape index (κ1) is 19.9. The number of phenolic OH excluding ortho intramolecular Hbond substituents is 1. The number of aliphatic imine (C=N–C) groups is 1. The van der Waals surface area contributed by atoms with Crippen molar-refractivity contribution in [1.82, 2.24) is 5.32 Å². The second kappa shape index (κ2) is 8.89. The molecule has 2 aromatic rings. The van der Waals surface area contributed by atoms with E-state index in [1.165, 1.54) is 0 Å². The third-order valence-electron chi connectivity index (χ3n) is 4.68. The molecule has 0 bridgehead atoms. The van der Waals surface area contributed by atoms with Crippen LogP contribution in [0.5, 0.6) is 11.5 Å². The zero-order valence-electron chi connectivity index (χ0n) is 16.1. The number of rotatable bonds is 6. The lowest BCUT2D eigenvalue weighted by Gasteiger charge is -2.31. The molecule has 0 unspecified atom stereocenters. The highest BCUT2D eigenvalue weighted by Crippen LogP contribution is 2.37. The third-order valence-corrected chi connectivity index (χ3v) is 5.21. The molecule has 2 aromatic carbocycles. The van der Waals surface area contributed by atoms with Gasteiger partial charge in [0.05, 0.1) is 6.61 Å². The summed E-state index contributed by atoms with van der Waals surface area (Å²) in [4.78, 5) is 4.96. The fraction of sp³-hybridized carbons (Fsp3) is 0.409. The van der Waals surface area contributed by atoms with Crippen molar-refractivity contribution in [3.63, 3.8) is 0 Å². The van der Waals surface area contributed by atoms with Crippen molar-refractivity contribution in [3.05, 3.63) is 58.1 Å². The van der Waals surface area contributed by atoms with E-state index in [1.54, 1.807) is 6.07 Å². The molecule has 0 aliphatic carbocycles. The number of nitrogens with zero attached hydrogens (tertiary/aromatic N) is 1. The Bertz CT molecular complexity index is 802. The molecule has 144 valence electrons. The van der Waals surface area contributed by atoms with E-state index in [4.69, 9.17) is 9.73 Å². The lowest BCUT2D eigenvalue weighted by molar-refractivity contribution is 0.311. The van der Waals surface area contributed by atoms with Gasteiger partial charge in [-0.25, -0.2) is 0 Å². The van der Waals surface area contributed by atoms with Crippen LogP contribution in [0.3, 0.4) is 0 Å². The largest absolute Gasteiger partial charge is 0.504 e. The minimum atomic E-state index is -0.00898. The molecule has 0 fully saturated rings. The topological polar surface area (TPSA) is 53.8 Å². The molecule has 1 aliphatic heterocycles. The number of nitrogens with one attached hydrogen (secondary N) is 1. The molecule has 4 nitrogen and oxygen atoms in total. The molecule has 1 heterocycles. The Balaban J connectivity index is 1.94. The summed E-state index contributed by atoms with van der Waals surface area (Å²) >= 11 is 3.50. The first-order chi connectivity index (χ1) is 13.0. The number of ether oxygens (including phenoxy) is 1. The molecule has 0 aromatic heterocycles. The molecule has 0 radical (unpaired) electrons. The Hall–Kier alpha value is -1.85. The van der Waals surface area contributed by atoms with E-state index in [1.807, 2.05) is 31.2 Å². The van der Waals surface area contributed by atoms with Gasteiger partial charge in [-0.1, -0.05) is 54.0 Å². The predicted molar refractivity (Wildman–Crippen MR) is 114 cm³/mol. The van der Waals surface area contributed by atoms with Crippen molar-refractivity contribution >= 4 is 21.6 Å². The van der Waals surface area contributed by atoms with E-state index >= 15 is 0 Å². The van der Waals surface area contributed by atoms with E-state index in [0.29, 0.717) is 18.3 Å². The van der Waals surface area contributed by atoms with Crippen LogP contribution < -0.4 is 10.1 Å². The Morgan fingerprint density at radius 2 is 1.96 bits per heavy atom. The number of benzene rings is 2. The van der Waals surface area contributed by atoms with Gasteiger partial charge in [0, 0.05) is 28.2 Å². The smallest absolute Gasteiger partial charge is 0.162 e. The molecular weight excluding hydrogens is 404 g/mol. The summed E-state index contributed by atoms with van der Waals surface area (Å²) in [5.74, 6) is 1.28. The maximum atomic E-state index is 10.7. The highest BCUT2D eigenvalue weighted by atomic mass is 79.9. The van der Waals surface area contributed by atoms with E-state index in [9.17, 15) is 5.11 Å². The van der Waals surface area contributed by atoms with Crippen LogP contribution in [0, 0.1) is 5.92 Å². The average Bonchev–Trinajstić information content (AvgIpc) is 2.63. The van der Waals surface area contributed by atoms with Gasteiger partial charge in [0.1, 0.15) is 6.17 Å². The molecular formula is C22H27BrN2O2. The van der Waals surface area contributed by atoms with Crippen LogP contribution in [0.2, 0.25) is 0 Å². The van der Waals surface area contributed by atoms with Gasteiger partial charge in [-0.05, 0) is 43.0 Å². The van der Waals surface area contributed by atoms with Gasteiger partial charge in [-0.15, -0.1) is 0 Å². The number of hydrogen-bond acceptors (Lipinski definition) is 4. The monoisotopic (exact) mass is 430 g/mol. The second-order valence-electron chi connectivity index (χ2n) is 7.28. The van der Waals surface area contributed by atoms with Gasteiger partial charge in [0.2, 0.25) is 0 Å². The van der Waals surface area contributed by atoms with E-state index < -0.39 is 0 Å². The molecule has 1 aliphatic rings. The maximum absolute atomic E-state index is 10.7. The Kier molecular flexibility index (Phi) is 6.55. The third kappa shape index (κ3) is 4.90. The highest BCUT2D eigenvalue weighted by molar-refractivity contribution is 9.10. The van der Waals surface area contributed by atoms with Gasteiger partial charge < -0.3 is 9.84 Å². The van der Waals surface area contributed by atoms with Gasteiger partial charge in [0.25, 0.3) is 0 Å². The predicted octanol–water partition coefficient (Wildman–Crippen LogP) is 5.45. The van der Waals surface area contributed by atoms with Gasteiger partial charge >= 0.3 is 0 Å². The molecule has 2 atom stereocenters. The van der Waals surface area contributed by atoms with E-state index in [-0.39, 0.29) is 18.0 Å². The van der Waals surface area contributed by atoms with Crippen molar-refractivity contribution in [2.45, 2.75) is 45.8 Å². The van der Waals surface area contributed by atoms with Crippen molar-refractivity contribution in [2.75, 3.05) is 6.61 Å². The first-order valence-electron chi connectivity index (χ1n) is 9.51. The quantitative estimate of drug-likeness (QED) is 0.640. The van der Waals surface area contributed by atoms with Crippen molar-refractivity contribution in [2.24, 2.45) is 10.9 Å². The fourth-order valence-electron chi connectivity index (χ4n) is 3.46. The summed E-state index contributed by atoms with van der Waals surface area (Å²) in [5.41, 5.74) is 3.05. The number of para-hydroxylation sites is 1. The van der Waals surface area contributed by atoms with E-state index in [0.717, 1.165) is 34.2 Å². The molecule has 0 saturated carbocycles. The van der Waals surface area contributed by atoms with Crippen LogP contribution in [0.25, 0.3) is 0 Å². The van der Waals surface area contributed by atoms with Crippen molar-refractivity contribution < 1.29 is 9.84 Å². The zero-order valence-corrected chi connectivity index (χ0v) is 17.7. The average molecular weight is 431 g/mol. The number of hydrogen-bond donors (Lipinski definition) is 2. The Morgan fingerprint density at radius 3 is 2.63 bits per heavy atom. The lowest BCUT2D eigenvalue weighted by atomic mass is 9.93. The number of phenols is 1. The minimum Gasteiger partial charge on any atom is -0.504 e. The van der Waals surface area contributed by atoms with Crippen LogP contribution in [0.15, 0.2) is 51.9 Å². The van der Waals surface area contributed by atoms with Crippen LogP contribution in [0.4, 0.5) is 0 Å². The molecule has 0 spiro atoms. The van der Waals surface area contributed by atoms with Gasteiger partial charge in [-0.2, -0.15) is 0 Å². The molecule has 2 N–H and O–H groups in total.